The lowest BCUT2D eigenvalue weighted by atomic mass is 10.2. The van der Waals surface area contributed by atoms with Crippen molar-refractivity contribution >= 4 is 18.8 Å². The summed E-state index contributed by atoms with van der Waals surface area (Å²) in [5, 5.41) is -0.136. The second-order valence-electron chi connectivity index (χ2n) is 3.32. The summed E-state index contributed by atoms with van der Waals surface area (Å²) in [5.74, 6) is 0. The third-order valence-electron chi connectivity index (χ3n) is 2.13. The number of hydrogen-bond donors (Lipinski definition) is 1. The van der Waals surface area contributed by atoms with Crippen molar-refractivity contribution in [3.8, 4) is 0 Å². The highest BCUT2D eigenvalue weighted by molar-refractivity contribution is 7.80. The average molecular weight is 228 g/mol. The van der Waals surface area contributed by atoms with Crippen LogP contribution in [0.2, 0.25) is 0 Å². The molecule has 1 aromatic heterocycles. The molecule has 3 heteroatoms. The Bertz CT molecular complexity index is 454. The summed E-state index contributed by atoms with van der Waals surface area (Å²) in [6, 6.07) is 15.7. The quantitative estimate of drug-likeness (QED) is 0.633. The van der Waals surface area contributed by atoms with Crippen LogP contribution in [0.3, 0.4) is 0 Å². The molecule has 0 amide bonds. The first-order valence-electron chi connectivity index (χ1n) is 5.03. The van der Waals surface area contributed by atoms with Crippen LogP contribution in [0, 0.1) is 0 Å². The van der Waals surface area contributed by atoms with E-state index in [1.54, 1.807) is 12.4 Å². The summed E-state index contributed by atoms with van der Waals surface area (Å²) in [5.41, 5.74) is 1.93. The van der Waals surface area contributed by atoms with Crippen LogP contribution in [0.15, 0.2) is 59.7 Å². The van der Waals surface area contributed by atoms with Crippen LogP contribution >= 0.6 is 12.6 Å². The SMILES string of the molecule is SC(/N=C/c1ccccn1)c1ccccc1. The molecule has 0 radical (unpaired) electrons. The lowest BCUT2D eigenvalue weighted by molar-refractivity contribution is 1.05. The summed E-state index contributed by atoms with van der Waals surface area (Å²) < 4.78 is 0. The number of aromatic nitrogens is 1. The van der Waals surface area contributed by atoms with E-state index in [1.807, 2.05) is 48.5 Å². The summed E-state index contributed by atoms with van der Waals surface area (Å²) in [4.78, 5) is 8.50. The number of pyridine rings is 1. The Hall–Kier alpha value is -1.61. The first kappa shape index (κ1) is 10.9. The van der Waals surface area contributed by atoms with E-state index < -0.39 is 0 Å². The number of aliphatic imine (C=N–C) groups is 1. The van der Waals surface area contributed by atoms with Gasteiger partial charge in [-0.15, -0.1) is 12.6 Å². The van der Waals surface area contributed by atoms with Gasteiger partial charge in [0.1, 0.15) is 5.37 Å². The molecule has 16 heavy (non-hydrogen) atoms. The largest absolute Gasteiger partial charge is 0.272 e. The molecule has 1 aromatic carbocycles. The van der Waals surface area contributed by atoms with Crippen molar-refractivity contribution in [2.24, 2.45) is 4.99 Å². The summed E-state index contributed by atoms with van der Waals surface area (Å²) in [6.07, 6.45) is 3.49. The summed E-state index contributed by atoms with van der Waals surface area (Å²) in [7, 11) is 0. The summed E-state index contributed by atoms with van der Waals surface area (Å²) >= 11 is 4.42. The molecule has 80 valence electrons. The number of hydrogen-bond acceptors (Lipinski definition) is 3. The van der Waals surface area contributed by atoms with E-state index in [0.717, 1.165) is 11.3 Å². The fourth-order valence-electron chi connectivity index (χ4n) is 1.31. The van der Waals surface area contributed by atoms with Gasteiger partial charge in [-0.25, -0.2) is 0 Å². The Morgan fingerprint density at radius 3 is 2.50 bits per heavy atom. The number of benzene rings is 1. The fraction of sp³-hybridized carbons (Fsp3) is 0.0769. The standard InChI is InChI=1S/C13H12N2S/c16-13(11-6-2-1-3-7-11)15-10-12-8-4-5-9-14-12/h1-10,13,16H/b15-10+. The van der Waals surface area contributed by atoms with Gasteiger partial charge in [0.15, 0.2) is 0 Å². The first-order chi connectivity index (χ1) is 7.86. The molecular weight excluding hydrogens is 216 g/mol. The molecule has 0 aliphatic carbocycles. The molecule has 2 aromatic rings. The van der Waals surface area contributed by atoms with Crippen molar-refractivity contribution in [1.82, 2.24) is 4.98 Å². The molecule has 1 heterocycles. The monoisotopic (exact) mass is 228 g/mol. The van der Waals surface area contributed by atoms with E-state index in [4.69, 9.17) is 0 Å². The molecule has 0 bridgehead atoms. The van der Waals surface area contributed by atoms with Crippen molar-refractivity contribution in [1.29, 1.82) is 0 Å². The van der Waals surface area contributed by atoms with Crippen LogP contribution in [0.5, 0.6) is 0 Å². The van der Waals surface area contributed by atoms with Gasteiger partial charge < -0.3 is 0 Å². The highest BCUT2D eigenvalue weighted by Gasteiger charge is 2.01. The molecule has 0 fully saturated rings. The smallest absolute Gasteiger partial charge is 0.118 e. The molecule has 0 aliphatic heterocycles. The van der Waals surface area contributed by atoms with Crippen molar-refractivity contribution in [3.63, 3.8) is 0 Å². The van der Waals surface area contributed by atoms with Crippen LogP contribution in [0.1, 0.15) is 16.6 Å². The molecule has 1 unspecified atom stereocenters. The maximum Gasteiger partial charge on any atom is 0.118 e. The van der Waals surface area contributed by atoms with Gasteiger partial charge in [0, 0.05) is 12.4 Å². The summed E-state index contributed by atoms with van der Waals surface area (Å²) in [6.45, 7) is 0. The van der Waals surface area contributed by atoms with Crippen molar-refractivity contribution < 1.29 is 0 Å². The number of nitrogens with zero attached hydrogens (tertiary/aromatic N) is 2. The zero-order chi connectivity index (χ0) is 11.2. The van der Waals surface area contributed by atoms with E-state index in [2.05, 4.69) is 22.6 Å². The Labute approximate surface area is 100 Å². The molecule has 2 nitrogen and oxygen atoms in total. The Balaban J connectivity index is 2.08. The topological polar surface area (TPSA) is 25.2 Å². The maximum atomic E-state index is 4.42. The zero-order valence-corrected chi connectivity index (χ0v) is 9.59. The second kappa shape index (κ2) is 5.47. The minimum Gasteiger partial charge on any atom is -0.272 e. The van der Waals surface area contributed by atoms with Gasteiger partial charge in [0.05, 0.1) is 5.69 Å². The van der Waals surface area contributed by atoms with E-state index in [-0.39, 0.29) is 5.37 Å². The van der Waals surface area contributed by atoms with Crippen molar-refractivity contribution in [2.45, 2.75) is 5.37 Å². The molecule has 2 rings (SSSR count). The van der Waals surface area contributed by atoms with Gasteiger partial charge in [0.2, 0.25) is 0 Å². The van der Waals surface area contributed by atoms with E-state index in [9.17, 15) is 0 Å². The maximum absolute atomic E-state index is 4.42. The minimum atomic E-state index is -0.136. The van der Waals surface area contributed by atoms with Crippen LogP contribution in [0.4, 0.5) is 0 Å². The van der Waals surface area contributed by atoms with Crippen LogP contribution in [-0.2, 0) is 0 Å². The van der Waals surface area contributed by atoms with E-state index in [0.29, 0.717) is 0 Å². The average Bonchev–Trinajstić information content (AvgIpc) is 2.38. The van der Waals surface area contributed by atoms with Gasteiger partial charge >= 0.3 is 0 Å². The van der Waals surface area contributed by atoms with E-state index >= 15 is 0 Å². The lowest BCUT2D eigenvalue weighted by Gasteiger charge is -2.04. The molecule has 0 saturated carbocycles. The Morgan fingerprint density at radius 2 is 1.81 bits per heavy atom. The van der Waals surface area contributed by atoms with Crippen molar-refractivity contribution in [3.05, 3.63) is 66.0 Å². The highest BCUT2D eigenvalue weighted by atomic mass is 32.1. The third-order valence-corrected chi connectivity index (χ3v) is 2.56. The minimum absolute atomic E-state index is 0.136. The van der Waals surface area contributed by atoms with Gasteiger partial charge in [-0.2, -0.15) is 0 Å². The van der Waals surface area contributed by atoms with Gasteiger partial charge in [0.25, 0.3) is 0 Å². The highest BCUT2D eigenvalue weighted by Crippen LogP contribution is 2.20. The van der Waals surface area contributed by atoms with Gasteiger partial charge in [-0.3, -0.25) is 9.98 Å². The molecule has 0 spiro atoms. The van der Waals surface area contributed by atoms with Gasteiger partial charge in [-0.05, 0) is 17.7 Å². The number of rotatable bonds is 3. The zero-order valence-electron chi connectivity index (χ0n) is 8.69. The number of thiol groups is 1. The van der Waals surface area contributed by atoms with Crippen molar-refractivity contribution in [2.75, 3.05) is 0 Å². The Morgan fingerprint density at radius 1 is 1.06 bits per heavy atom. The van der Waals surface area contributed by atoms with E-state index in [1.165, 1.54) is 0 Å². The van der Waals surface area contributed by atoms with Gasteiger partial charge in [-0.1, -0.05) is 36.4 Å². The van der Waals surface area contributed by atoms with Crippen LogP contribution in [-0.4, -0.2) is 11.2 Å². The molecule has 0 aliphatic rings. The molecule has 0 N–H and O–H groups in total. The molecule has 0 saturated heterocycles. The second-order valence-corrected chi connectivity index (χ2v) is 3.81. The lowest BCUT2D eigenvalue weighted by Crippen LogP contribution is -1.90. The third kappa shape index (κ3) is 2.94. The fourth-order valence-corrected chi connectivity index (χ4v) is 1.55. The predicted molar refractivity (Wildman–Crippen MR) is 70.0 cm³/mol. The first-order valence-corrected chi connectivity index (χ1v) is 5.55. The normalized spacial score (nSPS) is 12.8. The molecule has 1 atom stereocenters. The van der Waals surface area contributed by atoms with Crippen LogP contribution in [0.25, 0.3) is 0 Å². The van der Waals surface area contributed by atoms with Crippen LogP contribution < -0.4 is 0 Å². The molecular formula is C13H12N2S. The predicted octanol–water partition coefficient (Wildman–Crippen LogP) is 3.13. The Kier molecular flexibility index (Phi) is 3.72.